The number of hydrogen-bond donors (Lipinski definition) is 2. The van der Waals surface area contributed by atoms with Crippen LogP contribution in [0.25, 0.3) is 10.9 Å². The van der Waals surface area contributed by atoms with Gasteiger partial charge in [-0.05, 0) is 30.2 Å². The van der Waals surface area contributed by atoms with Gasteiger partial charge in [0.25, 0.3) is 0 Å². The van der Waals surface area contributed by atoms with Crippen LogP contribution in [0.2, 0.25) is 0 Å². The minimum atomic E-state index is 0.0273. The van der Waals surface area contributed by atoms with Crippen molar-refractivity contribution in [3.8, 4) is 11.5 Å². The van der Waals surface area contributed by atoms with Gasteiger partial charge in [-0.1, -0.05) is 30.3 Å². The van der Waals surface area contributed by atoms with E-state index in [1.165, 1.54) is 22.2 Å². The van der Waals surface area contributed by atoms with Gasteiger partial charge in [0.1, 0.15) is 0 Å². The number of aromatic amines is 2. The average molecular weight is 388 g/mol. The molecule has 1 aliphatic heterocycles. The smallest absolute Gasteiger partial charge is 0.165 e. The molecule has 1 atom stereocenters. The van der Waals surface area contributed by atoms with Crippen LogP contribution in [0.15, 0.2) is 54.7 Å². The second-order valence-corrected chi connectivity index (χ2v) is 7.35. The number of rotatable bonds is 5. The summed E-state index contributed by atoms with van der Waals surface area (Å²) in [7, 11) is 3.38. The Kier molecular flexibility index (Phi) is 4.48. The Bertz CT molecular complexity index is 1130. The van der Waals surface area contributed by atoms with Gasteiger partial charge in [0.15, 0.2) is 11.5 Å². The van der Waals surface area contributed by atoms with Crippen molar-refractivity contribution in [2.75, 3.05) is 20.8 Å². The van der Waals surface area contributed by atoms with Crippen LogP contribution in [0.4, 0.5) is 0 Å². The maximum absolute atomic E-state index is 5.81. The Morgan fingerprint density at radius 3 is 2.76 bits per heavy atom. The number of fused-ring (bicyclic) bond motifs is 3. The summed E-state index contributed by atoms with van der Waals surface area (Å²) in [4.78, 5) is 6.16. The van der Waals surface area contributed by atoms with Crippen molar-refractivity contribution in [2.24, 2.45) is 0 Å². The number of hydrogen-bond acceptors (Lipinski definition) is 4. The lowest BCUT2D eigenvalue weighted by Crippen LogP contribution is -2.36. The Labute approximate surface area is 169 Å². The third-order valence-electron chi connectivity index (χ3n) is 5.79. The van der Waals surface area contributed by atoms with E-state index in [0.29, 0.717) is 0 Å². The summed E-state index contributed by atoms with van der Waals surface area (Å²) < 4.78 is 11.4. The van der Waals surface area contributed by atoms with Crippen molar-refractivity contribution in [3.05, 3.63) is 77.2 Å². The molecule has 148 valence electrons. The summed E-state index contributed by atoms with van der Waals surface area (Å²) in [5, 5.41) is 8.52. The molecular formula is C23H24N4O2. The monoisotopic (exact) mass is 388 g/mol. The molecule has 2 N–H and O–H groups in total. The van der Waals surface area contributed by atoms with E-state index in [4.69, 9.17) is 9.47 Å². The molecule has 0 aliphatic carbocycles. The molecule has 0 amide bonds. The van der Waals surface area contributed by atoms with E-state index in [1.54, 1.807) is 20.4 Å². The van der Waals surface area contributed by atoms with Gasteiger partial charge >= 0.3 is 0 Å². The lowest BCUT2D eigenvalue weighted by Gasteiger charge is -2.36. The maximum atomic E-state index is 5.81. The molecule has 5 rings (SSSR count). The molecule has 0 spiro atoms. The number of nitrogens with zero attached hydrogens (tertiary/aromatic N) is 2. The molecule has 0 fully saturated rings. The lowest BCUT2D eigenvalue weighted by atomic mass is 9.91. The molecule has 0 saturated heterocycles. The second kappa shape index (κ2) is 7.29. The first-order chi connectivity index (χ1) is 14.3. The third kappa shape index (κ3) is 2.96. The number of nitrogens with one attached hydrogen (secondary N) is 2. The highest BCUT2D eigenvalue weighted by Crippen LogP contribution is 2.44. The van der Waals surface area contributed by atoms with E-state index in [9.17, 15) is 0 Å². The summed E-state index contributed by atoms with van der Waals surface area (Å²) in [6.45, 7) is 1.72. The highest BCUT2D eigenvalue weighted by atomic mass is 16.5. The molecular weight excluding hydrogens is 364 g/mol. The van der Waals surface area contributed by atoms with Crippen LogP contribution < -0.4 is 9.47 Å². The Balaban J connectivity index is 1.69. The van der Waals surface area contributed by atoms with E-state index < -0.39 is 0 Å². The molecule has 29 heavy (non-hydrogen) atoms. The third-order valence-corrected chi connectivity index (χ3v) is 5.79. The van der Waals surface area contributed by atoms with E-state index in [2.05, 4.69) is 50.4 Å². The fourth-order valence-corrected chi connectivity index (χ4v) is 4.53. The number of methoxy groups -OCH3 is 2. The van der Waals surface area contributed by atoms with E-state index in [-0.39, 0.29) is 6.04 Å². The van der Waals surface area contributed by atoms with Crippen molar-refractivity contribution in [3.63, 3.8) is 0 Å². The molecule has 2 aromatic carbocycles. The van der Waals surface area contributed by atoms with Gasteiger partial charge in [0.05, 0.1) is 20.3 Å². The largest absolute Gasteiger partial charge is 0.493 e. The molecule has 0 saturated carbocycles. The fraction of sp³-hybridized carbons (Fsp3) is 0.261. The second-order valence-electron chi connectivity index (χ2n) is 7.35. The number of para-hydroxylation sites is 2. The van der Waals surface area contributed by atoms with E-state index in [0.717, 1.165) is 42.3 Å². The van der Waals surface area contributed by atoms with Crippen molar-refractivity contribution in [1.82, 2.24) is 20.1 Å². The quantitative estimate of drug-likeness (QED) is 0.541. The van der Waals surface area contributed by atoms with Crippen molar-refractivity contribution < 1.29 is 9.47 Å². The first kappa shape index (κ1) is 17.8. The van der Waals surface area contributed by atoms with Crippen LogP contribution in [-0.2, 0) is 13.0 Å². The minimum Gasteiger partial charge on any atom is -0.493 e. The van der Waals surface area contributed by atoms with Gasteiger partial charge in [0, 0.05) is 47.1 Å². The summed E-state index contributed by atoms with van der Waals surface area (Å²) in [6, 6.07) is 16.7. The van der Waals surface area contributed by atoms with Gasteiger partial charge in [-0.15, -0.1) is 0 Å². The highest BCUT2D eigenvalue weighted by Gasteiger charge is 2.34. The van der Waals surface area contributed by atoms with Gasteiger partial charge in [-0.3, -0.25) is 10.00 Å². The Morgan fingerprint density at radius 1 is 1.07 bits per heavy atom. The van der Waals surface area contributed by atoms with Crippen LogP contribution >= 0.6 is 0 Å². The zero-order chi connectivity index (χ0) is 19.8. The summed E-state index contributed by atoms with van der Waals surface area (Å²) in [6.07, 6.45) is 2.80. The van der Waals surface area contributed by atoms with Gasteiger partial charge in [0.2, 0.25) is 0 Å². The predicted octanol–water partition coefficient (Wildman–Crippen LogP) is 4.06. The van der Waals surface area contributed by atoms with Gasteiger partial charge < -0.3 is 14.5 Å². The predicted molar refractivity (Wildman–Crippen MR) is 112 cm³/mol. The molecule has 0 bridgehead atoms. The normalized spacial score (nSPS) is 16.7. The molecule has 1 aliphatic rings. The molecule has 3 heterocycles. The lowest BCUT2D eigenvalue weighted by molar-refractivity contribution is 0.195. The summed E-state index contributed by atoms with van der Waals surface area (Å²) in [5.41, 5.74) is 5.97. The molecule has 6 heteroatoms. The first-order valence-electron chi connectivity index (χ1n) is 9.83. The summed E-state index contributed by atoms with van der Waals surface area (Å²) >= 11 is 0. The fourth-order valence-electron chi connectivity index (χ4n) is 4.53. The number of ether oxygens (including phenoxy) is 2. The molecule has 6 nitrogen and oxygen atoms in total. The van der Waals surface area contributed by atoms with Crippen LogP contribution in [0.3, 0.4) is 0 Å². The van der Waals surface area contributed by atoms with Crippen LogP contribution in [-0.4, -0.2) is 40.8 Å². The number of H-pyrrole nitrogens is 2. The Morgan fingerprint density at radius 2 is 1.97 bits per heavy atom. The number of benzene rings is 2. The topological polar surface area (TPSA) is 66.2 Å². The number of aromatic nitrogens is 3. The molecule has 0 radical (unpaired) electrons. The SMILES string of the molecule is COc1cccc(C2c3[nH]c4ccccc4c3CCN2Cc2ccn[nH]2)c1OC. The van der Waals surface area contributed by atoms with Crippen LogP contribution in [0.5, 0.6) is 11.5 Å². The van der Waals surface area contributed by atoms with Crippen LogP contribution in [0.1, 0.15) is 28.6 Å². The zero-order valence-corrected chi connectivity index (χ0v) is 16.6. The maximum Gasteiger partial charge on any atom is 0.165 e. The highest BCUT2D eigenvalue weighted by molar-refractivity contribution is 5.85. The van der Waals surface area contributed by atoms with Crippen molar-refractivity contribution in [2.45, 2.75) is 19.0 Å². The molecule has 4 aromatic rings. The summed E-state index contributed by atoms with van der Waals surface area (Å²) in [5.74, 6) is 1.52. The van der Waals surface area contributed by atoms with Crippen molar-refractivity contribution >= 4 is 10.9 Å². The van der Waals surface area contributed by atoms with E-state index >= 15 is 0 Å². The average Bonchev–Trinajstić information content (AvgIpc) is 3.40. The zero-order valence-electron chi connectivity index (χ0n) is 16.6. The van der Waals surface area contributed by atoms with Crippen LogP contribution in [0, 0.1) is 0 Å². The van der Waals surface area contributed by atoms with Crippen molar-refractivity contribution in [1.29, 1.82) is 0 Å². The van der Waals surface area contributed by atoms with E-state index in [1.807, 2.05) is 18.2 Å². The molecule has 1 unspecified atom stereocenters. The Hall–Kier alpha value is -3.25. The van der Waals surface area contributed by atoms with Gasteiger partial charge in [-0.2, -0.15) is 5.10 Å². The minimum absolute atomic E-state index is 0.0273. The molecule has 2 aromatic heterocycles. The first-order valence-corrected chi connectivity index (χ1v) is 9.83. The van der Waals surface area contributed by atoms with Gasteiger partial charge in [-0.25, -0.2) is 0 Å². The standard InChI is InChI=1S/C23H24N4O2/c1-28-20-9-5-7-18(23(20)29-2)22-21-17(16-6-3-4-8-19(16)25-21)11-13-27(22)14-15-10-12-24-26-15/h3-10,12,22,25H,11,13-14H2,1-2H3,(H,24,26).